The first-order valence-corrected chi connectivity index (χ1v) is 11.6. The molecule has 0 radical (unpaired) electrons. The third-order valence-electron chi connectivity index (χ3n) is 6.96. The summed E-state index contributed by atoms with van der Waals surface area (Å²) in [5.41, 5.74) is 1.95. The van der Waals surface area contributed by atoms with Gasteiger partial charge in [0.1, 0.15) is 12.4 Å². The summed E-state index contributed by atoms with van der Waals surface area (Å²) >= 11 is 0. The number of fused-ring (bicyclic) bond motifs is 1. The first-order valence-electron chi connectivity index (χ1n) is 11.6. The second kappa shape index (κ2) is 8.91. The maximum atomic E-state index is 15.2. The molecule has 0 amide bonds. The monoisotopic (exact) mass is 487 g/mol. The second-order valence-electron chi connectivity index (χ2n) is 9.60. The van der Waals surface area contributed by atoms with Crippen molar-refractivity contribution in [2.24, 2.45) is 5.41 Å². The summed E-state index contributed by atoms with van der Waals surface area (Å²) in [7, 11) is 1.16. The zero-order valence-corrected chi connectivity index (χ0v) is 19.9. The predicted octanol–water partition coefficient (Wildman–Crippen LogP) is 4.61. The summed E-state index contributed by atoms with van der Waals surface area (Å²) in [6.45, 7) is 6.02. The summed E-state index contributed by atoms with van der Waals surface area (Å²) in [4.78, 5) is 6.93. The van der Waals surface area contributed by atoms with Gasteiger partial charge in [0.25, 0.3) is 5.92 Å². The summed E-state index contributed by atoms with van der Waals surface area (Å²) in [6.07, 6.45) is 2.91. The molecule has 4 heterocycles. The highest BCUT2D eigenvalue weighted by Crippen LogP contribution is 2.40. The van der Waals surface area contributed by atoms with Gasteiger partial charge in [-0.1, -0.05) is 12.1 Å². The Morgan fingerprint density at radius 3 is 2.77 bits per heavy atom. The van der Waals surface area contributed by atoms with Crippen LogP contribution in [0.2, 0.25) is 0 Å². The van der Waals surface area contributed by atoms with Gasteiger partial charge in [-0.05, 0) is 32.4 Å². The van der Waals surface area contributed by atoms with Gasteiger partial charge in [-0.3, -0.25) is 4.98 Å². The van der Waals surface area contributed by atoms with Crippen molar-refractivity contribution >= 4 is 22.4 Å². The molecule has 7 nitrogen and oxygen atoms in total. The maximum Gasteiger partial charge on any atom is 0.298 e. The molecule has 1 atom stereocenters. The Hall–Kier alpha value is -2.98. The van der Waals surface area contributed by atoms with Gasteiger partial charge < -0.3 is 19.7 Å². The Labute approximate surface area is 201 Å². The fourth-order valence-corrected chi connectivity index (χ4v) is 4.92. The number of nitrogens with one attached hydrogen (secondary N) is 1. The predicted molar refractivity (Wildman–Crippen MR) is 126 cm³/mol. The van der Waals surface area contributed by atoms with Gasteiger partial charge in [0.2, 0.25) is 0 Å². The molecule has 1 N–H and O–H groups in total. The molecule has 0 aliphatic carbocycles. The number of aromatic nitrogens is 3. The first-order chi connectivity index (χ1) is 16.7. The van der Waals surface area contributed by atoms with Crippen molar-refractivity contribution in [1.82, 2.24) is 15.2 Å². The van der Waals surface area contributed by atoms with Crippen molar-refractivity contribution in [3.05, 3.63) is 53.1 Å². The van der Waals surface area contributed by atoms with E-state index >= 15 is 4.39 Å². The van der Waals surface area contributed by atoms with E-state index in [0.29, 0.717) is 17.0 Å². The molecule has 0 unspecified atom stereocenters. The number of aryl methyl sites for hydroxylation is 1. The van der Waals surface area contributed by atoms with Crippen LogP contribution in [-0.4, -0.2) is 55.2 Å². The molecular formula is C25H28F3N5O2. The van der Waals surface area contributed by atoms with Crippen LogP contribution in [0.1, 0.15) is 36.2 Å². The normalized spacial score (nSPS) is 18.2. The van der Waals surface area contributed by atoms with Crippen molar-refractivity contribution in [1.29, 1.82) is 0 Å². The van der Waals surface area contributed by atoms with E-state index in [-0.39, 0.29) is 11.0 Å². The van der Waals surface area contributed by atoms with Crippen LogP contribution in [0.5, 0.6) is 0 Å². The molecule has 3 aromatic rings. The minimum atomic E-state index is -3.44. The number of anilines is 2. The Balaban J connectivity index is 1.46. The van der Waals surface area contributed by atoms with Crippen LogP contribution in [0.15, 0.2) is 30.5 Å². The van der Waals surface area contributed by atoms with Crippen LogP contribution >= 0.6 is 0 Å². The fraction of sp³-hybridized carbons (Fsp3) is 0.480. The Morgan fingerprint density at radius 2 is 2.09 bits per heavy atom. The molecule has 35 heavy (non-hydrogen) atoms. The van der Waals surface area contributed by atoms with Crippen molar-refractivity contribution in [3.8, 4) is 0 Å². The van der Waals surface area contributed by atoms with E-state index < -0.39 is 30.0 Å². The van der Waals surface area contributed by atoms with Crippen LogP contribution < -0.4 is 10.2 Å². The molecule has 10 heteroatoms. The van der Waals surface area contributed by atoms with E-state index in [4.69, 9.17) is 4.74 Å². The summed E-state index contributed by atoms with van der Waals surface area (Å²) in [6, 6.07) is 5.34. The summed E-state index contributed by atoms with van der Waals surface area (Å²) < 4.78 is 54.0. The molecule has 2 aliphatic heterocycles. The van der Waals surface area contributed by atoms with Crippen LogP contribution in [0, 0.1) is 18.2 Å². The zero-order chi connectivity index (χ0) is 24.8. The molecule has 1 spiro atoms. The van der Waals surface area contributed by atoms with Crippen LogP contribution in [0.25, 0.3) is 10.9 Å². The van der Waals surface area contributed by atoms with Crippen LogP contribution in [0.4, 0.5) is 24.7 Å². The first kappa shape index (κ1) is 23.7. The number of nitrogens with zero attached hydrogens (tertiary/aromatic N) is 4. The van der Waals surface area contributed by atoms with Gasteiger partial charge in [0.15, 0.2) is 5.82 Å². The van der Waals surface area contributed by atoms with Crippen molar-refractivity contribution < 1.29 is 22.6 Å². The molecule has 5 rings (SSSR count). The number of alkyl halides is 2. The van der Waals surface area contributed by atoms with E-state index in [1.54, 1.807) is 6.92 Å². The average molecular weight is 488 g/mol. The number of pyridine rings is 1. The molecular weight excluding hydrogens is 459 g/mol. The van der Waals surface area contributed by atoms with Crippen molar-refractivity contribution in [2.45, 2.75) is 32.2 Å². The van der Waals surface area contributed by atoms with Gasteiger partial charge in [-0.15, -0.1) is 5.10 Å². The SMILES string of the molecule is COCC(F)(F)c1cccc([C@@H](C)Nc2nnc(C)c3ncc(N4CCC5(COC5)C4)cc23)c1F. The molecule has 2 aromatic heterocycles. The summed E-state index contributed by atoms with van der Waals surface area (Å²) in [5.74, 6) is -3.99. The average Bonchev–Trinajstić information content (AvgIpc) is 3.27. The lowest BCUT2D eigenvalue weighted by molar-refractivity contribution is -0.0985. The zero-order valence-electron chi connectivity index (χ0n) is 19.9. The molecule has 2 saturated heterocycles. The third kappa shape index (κ3) is 4.29. The number of rotatable bonds is 7. The van der Waals surface area contributed by atoms with Crippen LogP contribution in [-0.2, 0) is 15.4 Å². The number of halogens is 3. The molecule has 0 bridgehead atoms. The van der Waals surface area contributed by atoms with Gasteiger partial charge in [0.05, 0.1) is 47.9 Å². The Bertz CT molecular complexity index is 1250. The van der Waals surface area contributed by atoms with Gasteiger partial charge >= 0.3 is 0 Å². The van der Waals surface area contributed by atoms with Gasteiger partial charge in [-0.25, -0.2) is 4.39 Å². The number of hydrogen-bond donors (Lipinski definition) is 1. The quantitative estimate of drug-likeness (QED) is 0.522. The molecule has 2 aliphatic rings. The molecule has 1 aromatic carbocycles. The number of hydrogen-bond acceptors (Lipinski definition) is 7. The standard InChI is InChI=1S/C25H28F3N5O2/c1-15(18-5-4-6-20(21(18)26)25(27,28)14-34-3)30-23-19-9-17(10-29-22(19)16(2)31-32-23)33-8-7-24(11-33)12-35-13-24/h4-6,9-10,15H,7-8,11-14H2,1-3H3,(H,30,32)/t15-/m1/s1. The molecule has 186 valence electrons. The largest absolute Gasteiger partial charge is 0.380 e. The van der Waals surface area contributed by atoms with Crippen molar-refractivity contribution in [3.63, 3.8) is 0 Å². The number of benzene rings is 1. The van der Waals surface area contributed by atoms with Gasteiger partial charge in [0, 0.05) is 36.6 Å². The van der Waals surface area contributed by atoms with Gasteiger partial charge in [-0.2, -0.15) is 13.9 Å². The highest BCUT2D eigenvalue weighted by Gasteiger charge is 2.44. The van der Waals surface area contributed by atoms with E-state index in [1.165, 1.54) is 12.1 Å². The maximum absolute atomic E-state index is 15.2. The second-order valence-corrected chi connectivity index (χ2v) is 9.60. The van der Waals surface area contributed by atoms with E-state index in [2.05, 4.69) is 30.1 Å². The number of ether oxygens (including phenoxy) is 2. The lowest BCUT2D eigenvalue weighted by atomic mass is 9.85. The minimum absolute atomic E-state index is 0.101. The lowest BCUT2D eigenvalue weighted by Crippen LogP contribution is -2.44. The molecule has 2 fully saturated rings. The smallest absolute Gasteiger partial charge is 0.298 e. The van der Waals surface area contributed by atoms with E-state index in [0.717, 1.165) is 57.0 Å². The Kier molecular flexibility index (Phi) is 6.04. The fourth-order valence-electron chi connectivity index (χ4n) is 4.92. The minimum Gasteiger partial charge on any atom is -0.380 e. The summed E-state index contributed by atoms with van der Waals surface area (Å²) in [5, 5.41) is 12.4. The Morgan fingerprint density at radius 1 is 1.29 bits per heavy atom. The lowest BCUT2D eigenvalue weighted by Gasteiger charge is -2.37. The van der Waals surface area contributed by atoms with E-state index in [9.17, 15) is 8.78 Å². The number of methoxy groups -OCH3 is 1. The molecule has 0 saturated carbocycles. The highest BCUT2D eigenvalue weighted by molar-refractivity contribution is 5.92. The third-order valence-corrected chi connectivity index (χ3v) is 6.96. The topological polar surface area (TPSA) is 72.4 Å². The van der Waals surface area contributed by atoms with Crippen LogP contribution in [0.3, 0.4) is 0 Å². The van der Waals surface area contributed by atoms with E-state index in [1.807, 2.05) is 19.2 Å². The van der Waals surface area contributed by atoms with Crippen molar-refractivity contribution in [2.75, 3.05) is 50.2 Å². The highest BCUT2D eigenvalue weighted by atomic mass is 19.3.